The van der Waals surface area contributed by atoms with Gasteiger partial charge in [-0.05, 0) is 18.2 Å². The second-order valence-electron chi connectivity index (χ2n) is 3.90. The second-order valence-corrected chi connectivity index (χ2v) is 4.31. The number of halogens is 1. The van der Waals surface area contributed by atoms with E-state index in [1.807, 2.05) is 0 Å². The van der Waals surface area contributed by atoms with Crippen molar-refractivity contribution >= 4 is 17.6 Å². The van der Waals surface area contributed by atoms with Crippen LogP contribution in [0.3, 0.4) is 0 Å². The Morgan fingerprint density at radius 2 is 2.20 bits per heavy atom. The fraction of sp³-hybridized carbons (Fsp3) is 0.143. The highest BCUT2D eigenvalue weighted by atomic mass is 35.5. The molecule has 0 amide bonds. The summed E-state index contributed by atoms with van der Waals surface area (Å²) in [7, 11) is 1.45. The number of nitrogens with zero attached hydrogens (tertiary/aromatic N) is 1. The molecule has 0 aliphatic carbocycles. The smallest absolute Gasteiger partial charge is 0.339 e. The molecule has 0 aliphatic heterocycles. The van der Waals surface area contributed by atoms with Gasteiger partial charge in [0.1, 0.15) is 12.2 Å². The van der Waals surface area contributed by atoms with Crippen molar-refractivity contribution in [3.63, 3.8) is 0 Å². The van der Waals surface area contributed by atoms with Crippen molar-refractivity contribution < 1.29 is 19.4 Å². The number of pyridine rings is 1. The zero-order valence-corrected chi connectivity index (χ0v) is 11.4. The summed E-state index contributed by atoms with van der Waals surface area (Å²) >= 11 is 5.98. The second kappa shape index (κ2) is 6.25. The number of carbonyl (C=O) groups is 1. The van der Waals surface area contributed by atoms with Crippen molar-refractivity contribution in [3.05, 3.63) is 52.8 Å². The van der Waals surface area contributed by atoms with Crippen LogP contribution in [0.1, 0.15) is 15.9 Å². The number of benzene rings is 1. The van der Waals surface area contributed by atoms with E-state index in [2.05, 4.69) is 4.98 Å². The summed E-state index contributed by atoms with van der Waals surface area (Å²) < 4.78 is 10.7. The van der Waals surface area contributed by atoms with E-state index in [9.17, 15) is 4.79 Å². The topological polar surface area (TPSA) is 68.7 Å². The van der Waals surface area contributed by atoms with Crippen LogP contribution in [-0.4, -0.2) is 23.2 Å². The number of hydrogen-bond donors (Lipinski definition) is 1. The highest BCUT2D eigenvalue weighted by Gasteiger charge is 2.16. The molecular weight excluding hydrogens is 282 g/mol. The van der Waals surface area contributed by atoms with Gasteiger partial charge in [0, 0.05) is 18.0 Å². The number of methoxy groups -OCH3 is 1. The fourth-order valence-electron chi connectivity index (χ4n) is 1.66. The Balaban J connectivity index is 2.29. The number of carboxylic acids is 1. The van der Waals surface area contributed by atoms with Crippen molar-refractivity contribution in [3.8, 4) is 11.5 Å². The highest BCUT2D eigenvalue weighted by Crippen LogP contribution is 2.32. The number of para-hydroxylation sites is 1. The summed E-state index contributed by atoms with van der Waals surface area (Å²) in [5.74, 6) is -0.551. The molecule has 2 rings (SSSR count). The number of ether oxygens (including phenoxy) is 2. The number of aromatic nitrogens is 1. The lowest BCUT2D eigenvalue weighted by Crippen LogP contribution is -2.05. The first kappa shape index (κ1) is 14.1. The molecule has 6 heteroatoms. The zero-order valence-electron chi connectivity index (χ0n) is 10.7. The molecule has 2 aromatic rings. The molecule has 5 nitrogen and oxygen atoms in total. The molecule has 104 valence electrons. The van der Waals surface area contributed by atoms with E-state index >= 15 is 0 Å². The standard InChI is InChI=1S/C14H12ClNO4/c1-19-12-4-2-3-10(14(17)18)13(12)20-8-9-5-6-16-7-11(9)15/h2-7H,8H2,1H3,(H,17,18). The summed E-state index contributed by atoms with van der Waals surface area (Å²) in [5.41, 5.74) is 0.749. The summed E-state index contributed by atoms with van der Waals surface area (Å²) in [4.78, 5) is 15.1. The van der Waals surface area contributed by atoms with Gasteiger partial charge in [0.15, 0.2) is 11.5 Å². The first-order valence-corrected chi connectivity index (χ1v) is 6.12. The average Bonchev–Trinajstić information content (AvgIpc) is 2.46. The summed E-state index contributed by atoms with van der Waals surface area (Å²) in [6.07, 6.45) is 3.09. The summed E-state index contributed by atoms with van der Waals surface area (Å²) in [5, 5.41) is 9.62. The van der Waals surface area contributed by atoms with Crippen LogP contribution in [0, 0.1) is 0 Å². The van der Waals surface area contributed by atoms with E-state index in [1.54, 1.807) is 24.4 Å². The Bertz CT molecular complexity index is 630. The SMILES string of the molecule is COc1cccc(C(=O)O)c1OCc1ccncc1Cl. The molecule has 20 heavy (non-hydrogen) atoms. The molecule has 0 radical (unpaired) electrons. The quantitative estimate of drug-likeness (QED) is 0.917. The van der Waals surface area contributed by atoms with Crippen molar-refractivity contribution in [2.45, 2.75) is 6.61 Å². The van der Waals surface area contributed by atoms with Gasteiger partial charge in [-0.25, -0.2) is 4.79 Å². The fourth-order valence-corrected chi connectivity index (χ4v) is 1.84. The largest absolute Gasteiger partial charge is 0.493 e. The van der Waals surface area contributed by atoms with Gasteiger partial charge in [0.05, 0.1) is 12.1 Å². The molecule has 0 saturated carbocycles. The lowest BCUT2D eigenvalue weighted by molar-refractivity contribution is 0.0691. The van der Waals surface area contributed by atoms with Crippen LogP contribution in [-0.2, 0) is 6.61 Å². The van der Waals surface area contributed by atoms with Crippen molar-refractivity contribution in [1.82, 2.24) is 4.98 Å². The van der Waals surface area contributed by atoms with E-state index in [1.165, 1.54) is 19.4 Å². The molecular formula is C14H12ClNO4. The van der Waals surface area contributed by atoms with Crippen molar-refractivity contribution in [2.75, 3.05) is 7.11 Å². The minimum atomic E-state index is -1.08. The predicted molar refractivity (Wildman–Crippen MR) is 73.5 cm³/mol. The van der Waals surface area contributed by atoms with Gasteiger partial charge in [0.25, 0.3) is 0 Å². The number of aromatic carboxylic acids is 1. The van der Waals surface area contributed by atoms with Crippen LogP contribution in [0.25, 0.3) is 0 Å². The van der Waals surface area contributed by atoms with E-state index in [0.29, 0.717) is 16.3 Å². The first-order chi connectivity index (χ1) is 9.63. The molecule has 0 spiro atoms. The van der Waals surface area contributed by atoms with Gasteiger partial charge >= 0.3 is 5.97 Å². The van der Waals surface area contributed by atoms with Gasteiger partial charge in [0.2, 0.25) is 0 Å². The van der Waals surface area contributed by atoms with Crippen LogP contribution in [0.15, 0.2) is 36.7 Å². The maximum atomic E-state index is 11.2. The average molecular weight is 294 g/mol. The van der Waals surface area contributed by atoms with E-state index < -0.39 is 5.97 Å². The van der Waals surface area contributed by atoms with Crippen LogP contribution < -0.4 is 9.47 Å². The minimum Gasteiger partial charge on any atom is -0.493 e. The lowest BCUT2D eigenvalue weighted by atomic mass is 10.2. The van der Waals surface area contributed by atoms with Crippen molar-refractivity contribution in [2.24, 2.45) is 0 Å². The van der Waals surface area contributed by atoms with Crippen LogP contribution in [0.2, 0.25) is 5.02 Å². The Morgan fingerprint density at radius 3 is 2.85 bits per heavy atom. The van der Waals surface area contributed by atoms with Crippen LogP contribution in [0.4, 0.5) is 0 Å². The van der Waals surface area contributed by atoms with E-state index in [-0.39, 0.29) is 17.9 Å². The third-order valence-electron chi connectivity index (χ3n) is 2.66. The van der Waals surface area contributed by atoms with Crippen LogP contribution in [0.5, 0.6) is 11.5 Å². The van der Waals surface area contributed by atoms with Gasteiger partial charge < -0.3 is 14.6 Å². The first-order valence-electron chi connectivity index (χ1n) is 5.75. The monoisotopic (exact) mass is 293 g/mol. The van der Waals surface area contributed by atoms with Gasteiger partial charge in [-0.3, -0.25) is 4.98 Å². The summed E-state index contributed by atoms with van der Waals surface area (Å²) in [6.45, 7) is 0.127. The molecule has 1 aromatic heterocycles. The number of carboxylic acid groups (broad SMARTS) is 1. The Hall–Kier alpha value is -2.27. The minimum absolute atomic E-state index is 0.0366. The van der Waals surface area contributed by atoms with Gasteiger partial charge in [-0.2, -0.15) is 0 Å². The number of rotatable bonds is 5. The number of hydrogen-bond acceptors (Lipinski definition) is 4. The Labute approximate surface area is 120 Å². The maximum absolute atomic E-state index is 11.2. The van der Waals surface area contributed by atoms with Gasteiger partial charge in [-0.15, -0.1) is 0 Å². The van der Waals surface area contributed by atoms with Crippen LogP contribution >= 0.6 is 11.6 Å². The molecule has 1 N–H and O–H groups in total. The molecule has 0 saturated heterocycles. The predicted octanol–water partition coefficient (Wildman–Crippen LogP) is 3.02. The molecule has 0 atom stereocenters. The maximum Gasteiger partial charge on any atom is 0.339 e. The molecule has 0 bridgehead atoms. The summed E-state index contributed by atoms with van der Waals surface area (Å²) in [6, 6.07) is 6.39. The zero-order chi connectivity index (χ0) is 14.5. The third-order valence-corrected chi connectivity index (χ3v) is 3.00. The molecule has 0 aliphatic rings. The molecule has 0 unspecified atom stereocenters. The van der Waals surface area contributed by atoms with Crippen molar-refractivity contribution in [1.29, 1.82) is 0 Å². The highest BCUT2D eigenvalue weighted by molar-refractivity contribution is 6.31. The van der Waals surface area contributed by atoms with E-state index in [0.717, 1.165) is 0 Å². The normalized spacial score (nSPS) is 10.1. The van der Waals surface area contributed by atoms with Gasteiger partial charge in [-0.1, -0.05) is 17.7 Å². The Morgan fingerprint density at radius 1 is 1.40 bits per heavy atom. The molecule has 0 fully saturated rings. The molecule has 1 aromatic carbocycles. The molecule has 1 heterocycles. The third kappa shape index (κ3) is 3.00. The Kier molecular flexibility index (Phi) is 4.42. The lowest BCUT2D eigenvalue weighted by Gasteiger charge is -2.13. The van der Waals surface area contributed by atoms with E-state index in [4.69, 9.17) is 26.2 Å².